The SMILES string of the molecule is CNC(=O)C1CCN(c2ncc(Cl)cc2F)CC1. The molecule has 0 aromatic carbocycles. The zero-order valence-electron chi connectivity index (χ0n) is 10.1. The molecule has 18 heavy (non-hydrogen) atoms. The average Bonchev–Trinajstić information content (AvgIpc) is 2.38. The summed E-state index contributed by atoms with van der Waals surface area (Å²) >= 11 is 5.67. The van der Waals surface area contributed by atoms with Crippen LogP contribution in [0.2, 0.25) is 5.02 Å². The first-order valence-corrected chi connectivity index (χ1v) is 6.27. The van der Waals surface area contributed by atoms with Crippen LogP contribution in [-0.2, 0) is 4.79 Å². The molecule has 1 saturated heterocycles. The average molecular weight is 272 g/mol. The molecule has 0 bridgehead atoms. The molecule has 0 atom stereocenters. The largest absolute Gasteiger partial charge is 0.359 e. The molecule has 1 N–H and O–H groups in total. The Morgan fingerprint density at radius 3 is 2.78 bits per heavy atom. The number of rotatable bonds is 2. The van der Waals surface area contributed by atoms with E-state index in [0.29, 0.717) is 31.7 Å². The minimum absolute atomic E-state index is 0.0154. The van der Waals surface area contributed by atoms with Gasteiger partial charge in [0, 0.05) is 32.3 Å². The molecule has 6 heteroatoms. The fourth-order valence-electron chi connectivity index (χ4n) is 2.20. The number of anilines is 1. The molecule has 4 nitrogen and oxygen atoms in total. The highest BCUT2D eigenvalue weighted by molar-refractivity contribution is 6.30. The van der Waals surface area contributed by atoms with Gasteiger partial charge in [-0.2, -0.15) is 0 Å². The molecule has 1 aromatic heterocycles. The van der Waals surface area contributed by atoms with Crippen molar-refractivity contribution in [3.8, 4) is 0 Å². The highest BCUT2D eigenvalue weighted by Gasteiger charge is 2.26. The summed E-state index contributed by atoms with van der Waals surface area (Å²) in [4.78, 5) is 17.3. The number of halogens is 2. The first-order chi connectivity index (χ1) is 8.61. The van der Waals surface area contributed by atoms with Gasteiger partial charge in [0.1, 0.15) is 0 Å². The Morgan fingerprint density at radius 2 is 2.22 bits per heavy atom. The van der Waals surface area contributed by atoms with Crippen LogP contribution in [0.1, 0.15) is 12.8 Å². The van der Waals surface area contributed by atoms with Gasteiger partial charge in [0.25, 0.3) is 0 Å². The second kappa shape index (κ2) is 5.52. The van der Waals surface area contributed by atoms with Crippen molar-refractivity contribution in [3.63, 3.8) is 0 Å². The Bertz CT molecular complexity index is 447. The lowest BCUT2D eigenvalue weighted by Gasteiger charge is -2.32. The quantitative estimate of drug-likeness (QED) is 0.893. The van der Waals surface area contributed by atoms with Gasteiger partial charge < -0.3 is 10.2 Å². The van der Waals surface area contributed by atoms with Crippen molar-refractivity contribution in [2.75, 3.05) is 25.0 Å². The molecule has 1 aliphatic rings. The van der Waals surface area contributed by atoms with E-state index in [2.05, 4.69) is 10.3 Å². The third kappa shape index (κ3) is 2.72. The molecule has 0 radical (unpaired) electrons. The minimum Gasteiger partial charge on any atom is -0.359 e. The van der Waals surface area contributed by atoms with E-state index in [9.17, 15) is 9.18 Å². The predicted molar refractivity (Wildman–Crippen MR) is 68.2 cm³/mol. The summed E-state index contributed by atoms with van der Waals surface area (Å²) in [7, 11) is 1.63. The lowest BCUT2D eigenvalue weighted by Crippen LogP contribution is -2.40. The van der Waals surface area contributed by atoms with Gasteiger partial charge in [-0.3, -0.25) is 4.79 Å². The van der Waals surface area contributed by atoms with Crippen molar-refractivity contribution in [1.29, 1.82) is 0 Å². The van der Waals surface area contributed by atoms with E-state index < -0.39 is 5.82 Å². The summed E-state index contributed by atoms with van der Waals surface area (Å²) in [6.45, 7) is 1.26. The maximum atomic E-state index is 13.7. The number of aromatic nitrogens is 1. The van der Waals surface area contributed by atoms with Crippen LogP contribution in [0.4, 0.5) is 10.2 Å². The Kier molecular flexibility index (Phi) is 4.01. The minimum atomic E-state index is -0.416. The molecule has 98 valence electrons. The first kappa shape index (κ1) is 13.1. The van der Waals surface area contributed by atoms with Gasteiger partial charge in [0.05, 0.1) is 5.02 Å². The van der Waals surface area contributed by atoms with Crippen LogP contribution in [0.15, 0.2) is 12.3 Å². The molecule has 2 rings (SSSR count). The maximum Gasteiger partial charge on any atom is 0.222 e. The number of carbonyl (C=O) groups is 1. The molecule has 1 fully saturated rings. The van der Waals surface area contributed by atoms with Gasteiger partial charge in [-0.1, -0.05) is 11.6 Å². The van der Waals surface area contributed by atoms with E-state index in [4.69, 9.17) is 11.6 Å². The summed E-state index contributed by atoms with van der Waals surface area (Å²) in [6.07, 6.45) is 2.86. The summed E-state index contributed by atoms with van der Waals surface area (Å²) < 4.78 is 13.7. The monoisotopic (exact) mass is 271 g/mol. The van der Waals surface area contributed by atoms with Crippen LogP contribution >= 0.6 is 11.6 Å². The van der Waals surface area contributed by atoms with Gasteiger partial charge in [0.2, 0.25) is 5.91 Å². The summed E-state index contributed by atoms with van der Waals surface area (Å²) in [5.74, 6) is -0.0311. The number of pyridine rings is 1. The Hall–Kier alpha value is -1.36. The van der Waals surface area contributed by atoms with E-state index in [0.717, 1.165) is 0 Å². The van der Waals surface area contributed by atoms with E-state index in [1.807, 2.05) is 4.90 Å². The Balaban J connectivity index is 2.03. The van der Waals surface area contributed by atoms with E-state index in [1.54, 1.807) is 7.05 Å². The normalized spacial score (nSPS) is 16.7. The molecule has 0 aliphatic carbocycles. The van der Waals surface area contributed by atoms with Gasteiger partial charge in [-0.25, -0.2) is 9.37 Å². The number of amides is 1. The van der Waals surface area contributed by atoms with Crippen LogP contribution in [0.5, 0.6) is 0 Å². The lowest BCUT2D eigenvalue weighted by atomic mass is 9.96. The highest BCUT2D eigenvalue weighted by atomic mass is 35.5. The third-order valence-corrected chi connectivity index (χ3v) is 3.41. The Morgan fingerprint density at radius 1 is 1.56 bits per heavy atom. The first-order valence-electron chi connectivity index (χ1n) is 5.89. The molecule has 0 saturated carbocycles. The molecule has 0 spiro atoms. The van der Waals surface area contributed by atoms with Gasteiger partial charge >= 0.3 is 0 Å². The molecule has 0 unspecified atom stereocenters. The molecule has 2 heterocycles. The van der Waals surface area contributed by atoms with E-state index in [1.165, 1.54) is 12.3 Å². The smallest absolute Gasteiger partial charge is 0.222 e. The Labute approximate surface area is 110 Å². The van der Waals surface area contributed by atoms with Crippen LogP contribution < -0.4 is 10.2 Å². The van der Waals surface area contributed by atoms with Crippen molar-refractivity contribution in [3.05, 3.63) is 23.1 Å². The number of piperidine rings is 1. The van der Waals surface area contributed by atoms with Gasteiger partial charge in [-0.15, -0.1) is 0 Å². The summed E-state index contributed by atoms with van der Waals surface area (Å²) in [5.41, 5.74) is 0. The fourth-order valence-corrected chi connectivity index (χ4v) is 2.34. The predicted octanol–water partition coefficient (Wildman–Crippen LogP) is 1.84. The second-order valence-corrected chi connectivity index (χ2v) is 4.77. The summed E-state index contributed by atoms with van der Waals surface area (Å²) in [6, 6.07) is 1.26. The zero-order chi connectivity index (χ0) is 13.1. The fraction of sp³-hybridized carbons (Fsp3) is 0.500. The molecular formula is C12H15ClFN3O. The van der Waals surface area contributed by atoms with E-state index >= 15 is 0 Å². The van der Waals surface area contributed by atoms with Crippen molar-refractivity contribution in [1.82, 2.24) is 10.3 Å². The van der Waals surface area contributed by atoms with Gasteiger partial charge in [-0.05, 0) is 18.9 Å². The zero-order valence-corrected chi connectivity index (χ0v) is 10.9. The van der Waals surface area contributed by atoms with Crippen molar-refractivity contribution in [2.24, 2.45) is 5.92 Å². The van der Waals surface area contributed by atoms with Crippen molar-refractivity contribution in [2.45, 2.75) is 12.8 Å². The van der Waals surface area contributed by atoms with Crippen molar-refractivity contribution >= 4 is 23.3 Å². The number of nitrogens with one attached hydrogen (secondary N) is 1. The van der Waals surface area contributed by atoms with Crippen LogP contribution in [0.3, 0.4) is 0 Å². The van der Waals surface area contributed by atoms with Crippen molar-refractivity contribution < 1.29 is 9.18 Å². The molecule has 1 aromatic rings. The third-order valence-electron chi connectivity index (χ3n) is 3.20. The molecular weight excluding hydrogens is 257 g/mol. The van der Waals surface area contributed by atoms with E-state index in [-0.39, 0.29) is 16.8 Å². The number of hydrogen-bond donors (Lipinski definition) is 1. The topological polar surface area (TPSA) is 45.2 Å². The van der Waals surface area contributed by atoms with Crippen LogP contribution in [0, 0.1) is 11.7 Å². The number of carbonyl (C=O) groups excluding carboxylic acids is 1. The molecule has 1 amide bonds. The number of nitrogens with zero attached hydrogens (tertiary/aromatic N) is 2. The standard InChI is InChI=1S/C12H15ClFN3O/c1-15-12(18)8-2-4-17(5-3-8)11-10(14)6-9(13)7-16-11/h6-8H,2-5H2,1H3,(H,15,18). The lowest BCUT2D eigenvalue weighted by molar-refractivity contribution is -0.125. The van der Waals surface area contributed by atoms with Gasteiger partial charge in [0.15, 0.2) is 11.6 Å². The highest BCUT2D eigenvalue weighted by Crippen LogP contribution is 2.25. The second-order valence-electron chi connectivity index (χ2n) is 4.33. The van der Waals surface area contributed by atoms with Crippen LogP contribution in [0.25, 0.3) is 0 Å². The summed E-state index contributed by atoms with van der Waals surface area (Å²) in [5, 5.41) is 2.93. The molecule has 1 aliphatic heterocycles. The number of hydrogen-bond acceptors (Lipinski definition) is 3. The maximum absolute atomic E-state index is 13.7. The van der Waals surface area contributed by atoms with Crippen LogP contribution in [-0.4, -0.2) is 31.0 Å².